The molecule has 1 saturated carbocycles. The van der Waals surface area contributed by atoms with Gasteiger partial charge in [-0.1, -0.05) is 37.2 Å². The minimum Gasteiger partial charge on any atom is -0.389 e. The molecule has 0 aromatic heterocycles. The van der Waals surface area contributed by atoms with E-state index in [0.717, 1.165) is 0 Å². The van der Waals surface area contributed by atoms with E-state index in [1.54, 1.807) is 24.3 Å². The number of sulfone groups is 1. The average molecular weight is 326 g/mol. The Hall–Kier alpha value is -0.980. The summed E-state index contributed by atoms with van der Waals surface area (Å²) in [6, 6.07) is 7.11. The zero-order valence-electron chi connectivity index (χ0n) is 12.3. The lowest BCUT2D eigenvalue weighted by atomic mass is 10.2. The summed E-state index contributed by atoms with van der Waals surface area (Å²) in [5, 5.41) is 0. The number of benzene rings is 1. The standard InChI is InChI=1S/C15H22N2O2S2/c1-17(13-6-2-3-7-13)9-10-21(18,19)14-8-4-5-12(11-14)15(16)20/h4-5,8,11,13H,2-3,6-7,9-10H2,1H3,(H2,16,20). The SMILES string of the molecule is CN(CCS(=O)(=O)c1cccc(C(N)=S)c1)C1CCCC1. The van der Waals surface area contributed by atoms with Crippen LogP contribution in [-0.4, -0.2) is 43.7 Å². The van der Waals surface area contributed by atoms with Crippen molar-refractivity contribution in [1.29, 1.82) is 0 Å². The Labute approximate surface area is 132 Å². The molecule has 0 aliphatic heterocycles. The molecule has 1 fully saturated rings. The number of thiocarbonyl (C=S) groups is 1. The summed E-state index contributed by atoms with van der Waals surface area (Å²) >= 11 is 4.90. The maximum Gasteiger partial charge on any atom is 0.179 e. The van der Waals surface area contributed by atoms with E-state index in [0.29, 0.717) is 23.0 Å². The molecule has 2 N–H and O–H groups in total. The molecule has 0 bridgehead atoms. The van der Waals surface area contributed by atoms with Crippen molar-refractivity contribution >= 4 is 27.0 Å². The number of rotatable bonds is 6. The van der Waals surface area contributed by atoms with Crippen molar-refractivity contribution in [3.63, 3.8) is 0 Å². The van der Waals surface area contributed by atoms with Gasteiger partial charge in [0.1, 0.15) is 4.99 Å². The van der Waals surface area contributed by atoms with Crippen molar-refractivity contribution in [2.45, 2.75) is 36.6 Å². The summed E-state index contributed by atoms with van der Waals surface area (Å²) in [4.78, 5) is 2.69. The van der Waals surface area contributed by atoms with Gasteiger partial charge in [-0.25, -0.2) is 8.42 Å². The third kappa shape index (κ3) is 4.25. The van der Waals surface area contributed by atoms with Crippen molar-refractivity contribution in [2.24, 2.45) is 5.73 Å². The first-order valence-electron chi connectivity index (χ1n) is 7.23. The van der Waals surface area contributed by atoms with Crippen LogP contribution in [0, 0.1) is 0 Å². The van der Waals surface area contributed by atoms with Gasteiger partial charge in [-0.05, 0) is 32.0 Å². The van der Waals surface area contributed by atoms with Crippen LogP contribution in [0.4, 0.5) is 0 Å². The first kappa shape index (κ1) is 16.4. The molecule has 1 aliphatic carbocycles. The Kier molecular flexibility index (Phi) is 5.35. The molecule has 2 rings (SSSR count). The summed E-state index contributed by atoms with van der Waals surface area (Å²) in [7, 11) is -1.29. The molecule has 1 aliphatic rings. The van der Waals surface area contributed by atoms with Gasteiger partial charge >= 0.3 is 0 Å². The van der Waals surface area contributed by atoms with Gasteiger partial charge in [0.2, 0.25) is 0 Å². The third-order valence-electron chi connectivity index (χ3n) is 4.14. The van der Waals surface area contributed by atoms with Crippen LogP contribution < -0.4 is 5.73 Å². The molecule has 0 unspecified atom stereocenters. The van der Waals surface area contributed by atoms with Crippen molar-refractivity contribution in [1.82, 2.24) is 4.90 Å². The molecule has 0 heterocycles. The number of nitrogens with two attached hydrogens (primary N) is 1. The van der Waals surface area contributed by atoms with Crippen LogP contribution in [0.15, 0.2) is 29.2 Å². The zero-order valence-corrected chi connectivity index (χ0v) is 13.9. The van der Waals surface area contributed by atoms with Crippen molar-refractivity contribution < 1.29 is 8.42 Å². The second kappa shape index (κ2) is 6.85. The Balaban J connectivity index is 2.04. The fourth-order valence-electron chi connectivity index (χ4n) is 2.75. The maximum atomic E-state index is 12.4. The van der Waals surface area contributed by atoms with E-state index in [9.17, 15) is 8.42 Å². The molecule has 0 amide bonds. The van der Waals surface area contributed by atoms with E-state index >= 15 is 0 Å². The highest BCUT2D eigenvalue weighted by Crippen LogP contribution is 2.22. The van der Waals surface area contributed by atoms with Crippen molar-refractivity contribution in [3.8, 4) is 0 Å². The molecule has 0 spiro atoms. The van der Waals surface area contributed by atoms with Crippen molar-refractivity contribution in [2.75, 3.05) is 19.3 Å². The van der Waals surface area contributed by atoms with Crippen LogP contribution in [0.5, 0.6) is 0 Å². The normalized spacial score (nSPS) is 16.5. The lowest BCUT2D eigenvalue weighted by molar-refractivity contribution is 0.259. The Morgan fingerprint density at radius 1 is 1.38 bits per heavy atom. The van der Waals surface area contributed by atoms with Gasteiger partial charge < -0.3 is 10.6 Å². The highest BCUT2D eigenvalue weighted by atomic mass is 32.2. The van der Waals surface area contributed by atoms with E-state index < -0.39 is 9.84 Å². The first-order chi connectivity index (χ1) is 9.90. The highest BCUT2D eigenvalue weighted by Gasteiger charge is 2.22. The Bertz CT molecular complexity index is 608. The predicted octanol–water partition coefficient (Wildman–Crippen LogP) is 1.97. The summed E-state index contributed by atoms with van der Waals surface area (Å²) in [6.07, 6.45) is 4.84. The molecule has 1 aromatic rings. The minimum absolute atomic E-state index is 0.126. The molecule has 0 saturated heterocycles. The van der Waals surface area contributed by atoms with Gasteiger partial charge in [-0.15, -0.1) is 0 Å². The smallest absolute Gasteiger partial charge is 0.179 e. The van der Waals surface area contributed by atoms with Gasteiger partial charge in [0, 0.05) is 18.2 Å². The van der Waals surface area contributed by atoms with Crippen LogP contribution in [0.2, 0.25) is 0 Å². The summed E-state index contributed by atoms with van der Waals surface area (Å²) in [5.74, 6) is 0.126. The fraction of sp³-hybridized carbons (Fsp3) is 0.533. The molecule has 116 valence electrons. The highest BCUT2D eigenvalue weighted by molar-refractivity contribution is 7.91. The van der Waals surface area contributed by atoms with Gasteiger partial charge in [0.05, 0.1) is 10.6 Å². The van der Waals surface area contributed by atoms with Crippen LogP contribution in [0.1, 0.15) is 31.2 Å². The van der Waals surface area contributed by atoms with E-state index in [4.69, 9.17) is 18.0 Å². The fourth-order valence-corrected chi connectivity index (χ4v) is 4.24. The molecule has 0 radical (unpaired) electrons. The average Bonchev–Trinajstić information content (AvgIpc) is 2.99. The third-order valence-corrected chi connectivity index (χ3v) is 6.07. The molecule has 0 atom stereocenters. The second-order valence-corrected chi connectivity index (χ2v) is 8.18. The van der Waals surface area contributed by atoms with Gasteiger partial charge in [-0.2, -0.15) is 0 Å². The molecule has 1 aromatic carbocycles. The quantitative estimate of drug-likeness (QED) is 0.810. The van der Waals surface area contributed by atoms with E-state index in [1.807, 2.05) is 7.05 Å². The molecule has 6 heteroatoms. The summed E-state index contributed by atoms with van der Waals surface area (Å²) in [5.41, 5.74) is 6.15. The minimum atomic E-state index is -3.30. The van der Waals surface area contributed by atoms with E-state index in [1.165, 1.54) is 25.7 Å². The summed E-state index contributed by atoms with van der Waals surface area (Å²) < 4.78 is 24.8. The van der Waals surface area contributed by atoms with Gasteiger partial charge in [-0.3, -0.25) is 0 Å². The molecular formula is C15H22N2O2S2. The van der Waals surface area contributed by atoms with Gasteiger partial charge in [0.25, 0.3) is 0 Å². The van der Waals surface area contributed by atoms with E-state index in [-0.39, 0.29) is 10.7 Å². The van der Waals surface area contributed by atoms with Crippen molar-refractivity contribution in [3.05, 3.63) is 29.8 Å². The number of hydrogen-bond donors (Lipinski definition) is 1. The predicted molar refractivity (Wildman–Crippen MR) is 89.3 cm³/mol. The van der Waals surface area contributed by atoms with Crippen LogP contribution >= 0.6 is 12.2 Å². The van der Waals surface area contributed by atoms with Crippen LogP contribution in [-0.2, 0) is 9.84 Å². The Morgan fingerprint density at radius 3 is 2.67 bits per heavy atom. The van der Waals surface area contributed by atoms with Crippen LogP contribution in [0.3, 0.4) is 0 Å². The first-order valence-corrected chi connectivity index (χ1v) is 9.29. The second-order valence-electron chi connectivity index (χ2n) is 5.63. The summed E-state index contributed by atoms with van der Waals surface area (Å²) in [6.45, 7) is 0.560. The topological polar surface area (TPSA) is 63.4 Å². The zero-order chi connectivity index (χ0) is 15.5. The van der Waals surface area contributed by atoms with Gasteiger partial charge in [0.15, 0.2) is 9.84 Å². The largest absolute Gasteiger partial charge is 0.389 e. The molecule has 4 nitrogen and oxygen atoms in total. The lowest BCUT2D eigenvalue weighted by Gasteiger charge is -2.23. The molecule has 21 heavy (non-hydrogen) atoms. The van der Waals surface area contributed by atoms with E-state index in [2.05, 4.69) is 4.90 Å². The monoisotopic (exact) mass is 326 g/mol. The lowest BCUT2D eigenvalue weighted by Crippen LogP contribution is -2.33. The van der Waals surface area contributed by atoms with Crippen LogP contribution in [0.25, 0.3) is 0 Å². The number of nitrogens with zero attached hydrogens (tertiary/aromatic N) is 1. The number of hydrogen-bond acceptors (Lipinski definition) is 4. The Morgan fingerprint density at radius 2 is 2.05 bits per heavy atom. The maximum absolute atomic E-state index is 12.4. The molecular weight excluding hydrogens is 304 g/mol.